The van der Waals surface area contributed by atoms with Crippen molar-refractivity contribution in [2.45, 2.75) is 48.4 Å². The Morgan fingerprint density at radius 3 is 2.49 bits per heavy atom. The number of carbonyl (C=O) groups is 2. The van der Waals surface area contributed by atoms with Crippen molar-refractivity contribution in [2.75, 3.05) is 39.4 Å². The average Bonchev–Trinajstić information content (AvgIpc) is 3.29. The van der Waals surface area contributed by atoms with Crippen molar-refractivity contribution in [2.24, 2.45) is 0 Å². The van der Waals surface area contributed by atoms with Gasteiger partial charge in [0.25, 0.3) is 0 Å². The Kier molecular flexibility index (Phi) is 10.8. The molecule has 3 aromatic carbocycles. The lowest BCUT2D eigenvalue weighted by atomic mass is 9.90. The Bertz CT molecular complexity index is 1520. The summed E-state index contributed by atoms with van der Waals surface area (Å²) in [6, 6.07) is 17.2. The van der Waals surface area contributed by atoms with Gasteiger partial charge in [-0.25, -0.2) is 0 Å². The molecule has 2 fully saturated rings. The van der Waals surface area contributed by atoms with Gasteiger partial charge in [-0.2, -0.15) is 13.2 Å². The summed E-state index contributed by atoms with van der Waals surface area (Å²) in [5.41, 5.74) is 1.44. The number of halogens is 4. The standard InChI is InChI=1S/C33H35F3IN3O4S/c1-22-6-9-25(10-7-22)45-32(31(43)38-12-13-39-14-16-44-17-15-39)19-29(42)40(20-24-4-2-3-5-27(24)33(34,35)36)30(32)26-11-8-23(21-41)18-28(26)37/h2-11,18,30,41H,12-17,19-21H2,1H3,(H,38,43)/t30-,32-/m1/s1. The van der Waals surface area contributed by atoms with E-state index in [0.29, 0.717) is 41.0 Å². The van der Waals surface area contributed by atoms with Crippen LogP contribution in [0.3, 0.4) is 0 Å². The van der Waals surface area contributed by atoms with Crippen LogP contribution in [0.2, 0.25) is 0 Å². The monoisotopic (exact) mass is 753 g/mol. The lowest BCUT2D eigenvalue weighted by Gasteiger charge is -2.37. The molecule has 2 atom stereocenters. The Labute approximate surface area is 278 Å². The number of benzene rings is 3. The van der Waals surface area contributed by atoms with E-state index in [1.165, 1.54) is 34.9 Å². The molecule has 45 heavy (non-hydrogen) atoms. The number of aryl methyl sites for hydroxylation is 1. The molecule has 2 saturated heterocycles. The summed E-state index contributed by atoms with van der Waals surface area (Å²) < 4.78 is 46.9. The molecular weight excluding hydrogens is 718 g/mol. The molecule has 2 amide bonds. The Morgan fingerprint density at radius 2 is 1.82 bits per heavy atom. The van der Waals surface area contributed by atoms with Gasteiger partial charge in [0.15, 0.2) is 0 Å². The van der Waals surface area contributed by atoms with E-state index in [9.17, 15) is 27.9 Å². The summed E-state index contributed by atoms with van der Waals surface area (Å²) in [6.45, 7) is 5.11. The second kappa shape index (κ2) is 14.4. The summed E-state index contributed by atoms with van der Waals surface area (Å²) in [5.74, 6) is -0.768. The molecule has 7 nitrogen and oxygen atoms in total. The first kappa shape index (κ1) is 33.7. The third-order valence-electron chi connectivity index (χ3n) is 8.22. The van der Waals surface area contributed by atoms with E-state index in [1.807, 2.05) is 31.2 Å². The first-order chi connectivity index (χ1) is 21.5. The number of carbonyl (C=O) groups excluding carboxylic acids is 2. The molecule has 2 N–H and O–H groups in total. The normalized spacial score (nSPS) is 20.9. The summed E-state index contributed by atoms with van der Waals surface area (Å²) >= 11 is 3.38. The van der Waals surface area contributed by atoms with Crippen molar-refractivity contribution in [1.29, 1.82) is 0 Å². The van der Waals surface area contributed by atoms with Gasteiger partial charge in [0.1, 0.15) is 4.75 Å². The van der Waals surface area contributed by atoms with Crippen molar-refractivity contribution < 1.29 is 32.6 Å². The van der Waals surface area contributed by atoms with Crippen LogP contribution in [0.15, 0.2) is 71.6 Å². The summed E-state index contributed by atoms with van der Waals surface area (Å²) in [5, 5.41) is 12.9. The zero-order valence-corrected chi connectivity index (χ0v) is 27.8. The minimum absolute atomic E-state index is 0.0470. The van der Waals surface area contributed by atoms with Crippen LogP contribution in [0.25, 0.3) is 0 Å². The number of hydrogen-bond acceptors (Lipinski definition) is 6. The van der Waals surface area contributed by atoms with Gasteiger partial charge >= 0.3 is 6.18 Å². The predicted molar refractivity (Wildman–Crippen MR) is 174 cm³/mol. The molecule has 12 heteroatoms. The molecule has 0 aromatic heterocycles. The molecule has 240 valence electrons. The van der Waals surface area contributed by atoms with E-state index in [0.717, 1.165) is 29.6 Å². The largest absolute Gasteiger partial charge is 0.416 e. The number of aliphatic hydroxyl groups is 1. The highest BCUT2D eigenvalue weighted by molar-refractivity contribution is 14.1. The van der Waals surface area contributed by atoms with Crippen LogP contribution in [0.5, 0.6) is 0 Å². The van der Waals surface area contributed by atoms with Crippen LogP contribution in [-0.4, -0.2) is 70.9 Å². The van der Waals surface area contributed by atoms with Crippen LogP contribution in [0.4, 0.5) is 13.2 Å². The van der Waals surface area contributed by atoms with Crippen LogP contribution in [0.1, 0.15) is 40.3 Å². The quantitative estimate of drug-likeness (QED) is 0.264. The van der Waals surface area contributed by atoms with Crippen LogP contribution in [-0.2, 0) is 33.7 Å². The Hall–Kier alpha value is -2.65. The maximum atomic E-state index is 14.5. The maximum Gasteiger partial charge on any atom is 0.416 e. The number of aliphatic hydroxyl groups excluding tert-OH is 1. The van der Waals surface area contributed by atoms with E-state index in [4.69, 9.17) is 4.74 Å². The van der Waals surface area contributed by atoms with Crippen molar-refractivity contribution >= 4 is 46.2 Å². The topological polar surface area (TPSA) is 82.1 Å². The molecule has 5 rings (SSSR count). The molecule has 2 aliphatic rings. The van der Waals surface area contributed by atoms with Gasteiger partial charge < -0.3 is 20.1 Å². The van der Waals surface area contributed by atoms with Gasteiger partial charge in [-0.3, -0.25) is 14.5 Å². The van der Waals surface area contributed by atoms with Gasteiger partial charge in [-0.05, 0) is 70.5 Å². The maximum absolute atomic E-state index is 14.5. The summed E-state index contributed by atoms with van der Waals surface area (Å²) in [6.07, 6.45) is -4.82. The minimum atomic E-state index is -4.61. The predicted octanol–water partition coefficient (Wildman–Crippen LogP) is 5.56. The fraction of sp³-hybridized carbons (Fsp3) is 0.394. The number of rotatable bonds is 10. The van der Waals surface area contributed by atoms with Crippen LogP contribution < -0.4 is 5.32 Å². The van der Waals surface area contributed by atoms with Crippen molar-refractivity contribution in [3.8, 4) is 0 Å². The highest BCUT2D eigenvalue weighted by Gasteiger charge is 2.58. The van der Waals surface area contributed by atoms with Crippen molar-refractivity contribution in [3.05, 3.63) is 98.1 Å². The van der Waals surface area contributed by atoms with Gasteiger partial charge in [-0.15, -0.1) is 11.8 Å². The Morgan fingerprint density at radius 1 is 1.11 bits per heavy atom. The molecule has 0 saturated carbocycles. The second-order valence-corrected chi connectivity index (χ2v) is 13.9. The van der Waals surface area contributed by atoms with E-state index < -0.39 is 28.4 Å². The number of alkyl halides is 3. The molecule has 3 aromatic rings. The van der Waals surface area contributed by atoms with Gasteiger partial charge in [0.2, 0.25) is 11.8 Å². The number of morpholine rings is 1. The van der Waals surface area contributed by atoms with Crippen LogP contribution in [0, 0.1) is 10.5 Å². The van der Waals surface area contributed by atoms with Gasteiger partial charge in [-0.1, -0.05) is 48.0 Å². The number of likely N-dealkylation sites (tertiary alicyclic amines) is 1. The smallest absolute Gasteiger partial charge is 0.392 e. The zero-order valence-electron chi connectivity index (χ0n) is 24.8. The van der Waals surface area contributed by atoms with E-state index >= 15 is 0 Å². The Balaban J connectivity index is 1.59. The van der Waals surface area contributed by atoms with E-state index in [1.54, 1.807) is 18.2 Å². The van der Waals surface area contributed by atoms with Crippen molar-refractivity contribution in [1.82, 2.24) is 15.1 Å². The second-order valence-electron chi connectivity index (χ2n) is 11.3. The number of ether oxygens (including phenoxy) is 1. The lowest BCUT2D eigenvalue weighted by Crippen LogP contribution is -2.50. The summed E-state index contributed by atoms with van der Waals surface area (Å²) in [7, 11) is 0. The lowest BCUT2D eigenvalue weighted by molar-refractivity contribution is -0.139. The number of thioether (sulfide) groups is 1. The zero-order chi connectivity index (χ0) is 32.2. The molecule has 0 bridgehead atoms. The number of nitrogens with zero attached hydrogens (tertiary/aromatic N) is 2. The third-order valence-corrected chi connectivity index (χ3v) is 10.6. The summed E-state index contributed by atoms with van der Waals surface area (Å²) in [4.78, 5) is 32.9. The van der Waals surface area contributed by atoms with E-state index in [-0.39, 0.29) is 31.0 Å². The van der Waals surface area contributed by atoms with Gasteiger partial charge in [0.05, 0.1) is 37.8 Å². The highest BCUT2D eigenvalue weighted by atomic mass is 127. The molecule has 0 radical (unpaired) electrons. The molecule has 0 unspecified atom stereocenters. The first-order valence-corrected chi connectivity index (χ1v) is 16.6. The van der Waals surface area contributed by atoms with Gasteiger partial charge in [0, 0.05) is 41.2 Å². The molecule has 0 aliphatic carbocycles. The molecular formula is C33H35F3IN3O4S. The van der Waals surface area contributed by atoms with Crippen LogP contribution >= 0.6 is 34.4 Å². The highest BCUT2D eigenvalue weighted by Crippen LogP contribution is 2.54. The molecule has 2 heterocycles. The fourth-order valence-electron chi connectivity index (χ4n) is 5.89. The van der Waals surface area contributed by atoms with E-state index in [2.05, 4.69) is 32.8 Å². The number of amides is 2. The molecule has 0 spiro atoms. The molecule has 2 aliphatic heterocycles. The first-order valence-electron chi connectivity index (χ1n) is 14.7. The number of nitrogens with one attached hydrogen (secondary N) is 1. The minimum Gasteiger partial charge on any atom is -0.392 e. The fourth-order valence-corrected chi connectivity index (χ4v) is 8.18. The number of hydrogen-bond donors (Lipinski definition) is 2. The average molecular weight is 754 g/mol. The van der Waals surface area contributed by atoms with Crippen molar-refractivity contribution in [3.63, 3.8) is 0 Å². The third kappa shape index (κ3) is 7.67. The SMILES string of the molecule is Cc1ccc(S[C@]2(C(=O)NCCN3CCOCC3)CC(=O)N(Cc3ccccc3C(F)(F)F)[C@@H]2c2ccc(CO)cc2I)cc1.